The van der Waals surface area contributed by atoms with E-state index in [0.29, 0.717) is 0 Å². The smallest absolute Gasteiger partial charge is 0.870 e. The van der Waals surface area contributed by atoms with E-state index in [-0.39, 0.29) is 153 Å². The fraction of sp³-hybridized carbons (Fsp3) is 0. The Hall–Kier alpha value is 2.74. The maximum atomic E-state index is 0. The first kappa shape index (κ1) is 370. The predicted molar refractivity (Wildman–Crippen MR) is 44.3 cm³/mol. The van der Waals surface area contributed by atoms with Crippen LogP contribution in [0.1, 0.15) is 0 Å². The van der Waals surface area contributed by atoms with Crippen molar-refractivity contribution in [3.8, 4) is 0 Å². The zero-order valence-electron chi connectivity index (χ0n) is 6.31. The SMILES string of the molecule is O.O.O.O.O.O.O.O.[Ba+2].[Ba+2].[OH-].[OH-]. The van der Waals surface area contributed by atoms with E-state index in [1.54, 1.807) is 0 Å². The molecule has 0 rings (SSSR count). The fourth-order valence-corrected chi connectivity index (χ4v) is 0. The molecule has 0 heterocycles. The van der Waals surface area contributed by atoms with Gasteiger partial charge in [-0.15, -0.1) is 0 Å². The van der Waals surface area contributed by atoms with Crippen LogP contribution in [0.2, 0.25) is 0 Å². The van der Waals surface area contributed by atoms with Crippen LogP contribution in [-0.4, -0.2) is 153 Å². The summed E-state index contributed by atoms with van der Waals surface area (Å²) in [5.74, 6) is 0. The van der Waals surface area contributed by atoms with E-state index in [9.17, 15) is 0 Å². The van der Waals surface area contributed by atoms with Crippen molar-refractivity contribution in [3.63, 3.8) is 0 Å². The largest absolute Gasteiger partial charge is 2.00 e. The molecule has 0 aromatic carbocycles. The van der Waals surface area contributed by atoms with E-state index in [4.69, 9.17) is 0 Å². The summed E-state index contributed by atoms with van der Waals surface area (Å²) in [5, 5.41) is 0. The molecule has 0 amide bonds. The van der Waals surface area contributed by atoms with Gasteiger partial charge in [-0.25, -0.2) is 0 Å². The van der Waals surface area contributed by atoms with Crippen LogP contribution >= 0.6 is 0 Å². The first-order valence-electron chi connectivity index (χ1n) is 0. The third-order valence-corrected chi connectivity index (χ3v) is 0. The second-order valence-corrected chi connectivity index (χ2v) is 0. The van der Waals surface area contributed by atoms with Gasteiger partial charge in [0.2, 0.25) is 0 Å². The molecular formula is H18Ba2O10+2. The average molecular weight is 453 g/mol. The quantitative estimate of drug-likeness (QED) is 0.323. The summed E-state index contributed by atoms with van der Waals surface area (Å²) in [5.41, 5.74) is 0. The Morgan fingerprint density at radius 3 is 0.250 bits per heavy atom. The molecule has 0 aliphatic heterocycles. The molecule has 0 atom stereocenters. The molecule has 0 aliphatic carbocycles. The van der Waals surface area contributed by atoms with Crippen molar-refractivity contribution in [2.24, 2.45) is 0 Å². The van der Waals surface area contributed by atoms with E-state index in [0.717, 1.165) is 0 Å². The normalized spacial score (nSPS) is 0. The molecule has 18 N–H and O–H groups in total. The molecular weight excluding hydrogens is 435 g/mol. The Morgan fingerprint density at radius 2 is 0.250 bits per heavy atom. The second kappa shape index (κ2) is 297. The Morgan fingerprint density at radius 1 is 0.250 bits per heavy atom. The topological polar surface area (TPSA) is 312 Å². The Balaban J connectivity index is 0. The summed E-state index contributed by atoms with van der Waals surface area (Å²) in [6.45, 7) is 0. The molecule has 0 aromatic heterocycles. The molecule has 0 saturated heterocycles. The van der Waals surface area contributed by atoms with Gasteiger partial charge in [-0.1, -0.05) is 0 Å². The van der Waals surface area contributed by atoms with Gasteiger partial charge in [0.25, 0.3) is 0 Å². The summed E-state index contributed by atoms with van der Waals surface area (Å²) in [6, 6.07) is 0. The number of hydrogen-bond acceptors (Lipinski definition) is 2. The summed E-state index contributed by atoms with van der Waals surface area (Å²) >= 11 is 0. The monoisotopic (exact) mass is 454 g/mol. The van der Waals surface area contributed by atoms with Crippen LogP contribution in [0.4, 0.5) is 0 Å². The molecule has 0 bridgehead atoms. The van der Waals surface area contributed by atoms with E-state index in [1.807, 2.05) is 0 Å². The van der Waals surface area contributed by atoms with E-state index in [1.165, 1.54) is 0 Å². The van der Waals surface area contributed by atoms with Crippen molar-refractivity contribution < 1.29 is 54.8 Å². The molecule has 0 unspecified atom stereocenters. The minimum absolute atomic E-state index is 0. The molecule has 0 radical (unpaired) electrons. The van der Waals surface area contributed by atoms with Crippen LogP contribution < -0.4 is 0 Å². The van der Waals surface area contributed by atoms with Crippen LogP contribution in [0.15, 0.2) is 0 Å². The van der Waals surface area contributed by atoms with Gasteiger partial charge < -0.3 is 54.8 Å². The van der Waals surface area contributed by atoms with Crippen molar-refractivity contribution in [2.45, 2.75) is 0 Å². The van der Waals surface area contributed by atoms with Crippen molar-refractivity contribution in [1.82, 2.24) is 0 Å². The van der Waals surface area contributed by atoms with Crippen molar-refractivity contribution in [1.29, 1.82) is 0 Å². The molecule has 10 nitrogen and oxygen atoms in total. The first-order valence-corrected chi connectivity index (χ1v) is 0. The molecule has 0 spiro atoms. The second-order valence-electron chi connectivity index (χ2n) is 0. The standard InChI is InChI=1S/2Ba.10H2O/h;;10*1H2/q2*+2;;;;;;;;;;/p-2. The molecule has 0 aromatic rings. The van der Waals surface area contributed by atoms with Gasteiger partial charge >= 0.3 is 97.8 Å². The van der Waals surface area contributed by atoms with Gasteiger partial charge in [0, 0.05) is 0 Å². The molecule has 0 aliphatic rings. The molecule has 12 heteroatoms. The molecule has 12 heavy (non-hydrogen) atoms. The zero-order valence-corrected chi connectivity index (χ0v) is 15.2. The summed E-state index contributed by atoms with van der Waals surface area (Å²) in [4.78, 5) is 0. The van der Waals surface area contributed by atoms with Crippen LogP contribution in [0.25, 0.3) is 0 Å². The van der Waals surface area contributed by atoms with Gasteiger partial charge in [0.1, 0.15) is 0 Å². The van der Waals surface area contributed by atoms with Gasteiger partial charge in [0.05, 0.1) is 0 Å². The number of hydrogen-bond donors (Lipinski definition) is 0. The van der Waals surface area contributed by atoms with Gasteiger partial charge in [-0.05, 0) is 0 Å². The Bertz CT molecular complexity index is 7.80. The third-order valence-electron chi connectivity index (χ3n) is 0. The summed E-state index contributed by atoms with van der Waals surface area (Å²) in [7, 11) is 0. The van der Waals surface area contributed by atoms with Crippen molar-refractivity contribution in [3.05, 3.63) is 0 Å². The fourth-order valence-electron chi connectivity index (χ4n) is 0. The van der Waals surface area contributed by atoms with E-state index < -0.39 is 0 Å². The van der Waals surface area contributed by atoms with E-state index in [2.05, 4.69) is 0 Å². The Labute approximate surface area is 149 Å². The maximum Gasteiger partial charge on any atom is 2.00 e. The molecule has 80 valence electrons. The minimum Gasteiger partial charge on any atom is -0.870 e. The van der Waals surface area contributed by atoms with Crippen LogP contribution in [0.5, 0.6) is 0 Å². The maximum absolute atomic E-state index is 0. The summed E-state index contributed by atoms with van der Waals surface area (Å²) < 4.78 is 0. The van der Waals surface area contributed by atoms with Gasteiger partial charge in [-0.3, -0.25) is 0 Å². The Kier molecular flexibility index (Phi) is 9150. The summed E-state index contributed by atoms with van der Waals surface area (Å²) in [6.07, 6.45) is 0. The van der Waals surface area contributed by atoms with Crippen molar-refractivity contribution in [2.75, 3.05) is 0 Å². The van der Waals surface area contributed by atoms with Crippen molar-refractivity contribution >= 4 is 97.8 Å². The first-order chi connectivity index (χ1) is 0. The van der Waals surface area contributed by atoms with Crippen LogP contribution in [-0.2, 0) is 0 Å². The van der Waals surface area contributed by atoms with Gasteiger partial charge in [0.15, 0.2) is 0 Å². The van der Waals surface area contributed by atoms with E-state index >= 15 is 0 Å². The average Bonchev–Trinajstić information content (AvgIpc) is 0. The van der Waals surface area contributed by atoms with Gasteiger partial charge in [-0.2, -0.15) is 0 Å². The van der Waals surface area contributed by atoms with Crippen LogP contribution in [0, 0.1) is 0 Å². The molecule has 0 saturated carbocycles. The minimum atomic E-state index is 0. The third kappa shape index (κ3) is 234. The molecule has 0 fully saturated rings. The predicted octanol–water partition coefficient (Wildman–Crippen LogP) is -7.71. The number of rotatable bonds is 0. The zero-order chi connectivity index (χ0) is 0. The van der Waals surface area contributed by atoms with Crippen LogP contribution in [0.3, 0.4) is 0 Å².